The number of hydrogen-bond acceptors (Lipinski definition) is 4. The monoisotopic (exact) mass is 356 g/mol. The maximum atomic E-state index is 12.9. The van der Waals surface area contributed by atoms with Gasteiger partial charge in [0.2, 0.25) is 5.91 Å². The van der Waals surface area contributed by atoms with Crippen LogP contribution in [0, 0.1) is 0 Å². The standard InChI is InChI=1S/C20H28N4O2/c1-2-8-22-10-12-23(13-11-22)20(26)15-6-7-17-16(14-15)21-19(25)18-5-3-4-9-24(17)18/h6-7,14,18H,2-5,8-13H2,1H3,(H,21,25). The number of carbonyl (C=O) groups is 2. The Morgan fingerprint density at radius 1 is 1.15 bits per heavy atom. The van der Waals surface area contributed by atoms with Crippen molar-refractivity contribution in [2.45, 2.75) is 38.6 Å². The van der Waals surface area contributed by atoms with Crippen molar-refractivity contribution in [1.82, 2.24) is 9.80 Å². The molecule has 6 nitrogen and oxygen atoms in total. The first-order valence-electron chi connectivity index (χ1n) is 9.90. The fourth-order valence-corrected chi connectivity index (χ4v) is 4.40. The Kier molecular flexibility index (Phi) is 4.85. The van der Waals surface area contributed by atoms with Crippen LogP contribution in [0.5, 0.6) is 0 Å². The van der Waals surface area contributed by atoms with Gasteiger partial charge in [0.1, 0.15) is 6.04 Å². The van der Waals surface area contributed by atoms with Gasteiger partial charge >= 0.3 is 0 Å². The number of amides is 2. The lowest BCUT2D eigenvalue weighted by Crippen LogP contribution is -2.50. The van der Waals surface area contributed by atoms with E-state index in [0.29, 0.717) is 5.56 Å². The minimum atomic E-state index is -0.0514. The molecule has 2 amide bonds. The lowest BCUT2D eigenvalue weighted by molar-refractivity contribution is -0.118. The van der Waals surface area contributed by atoms with Crippen LogP contribution in [0.15, 0.2) is 18.2 Å². The van der Waals surface area contributed by atoms with E-state index in [1.807, 2.05) is 23.1 Å². The van der Waals surface area contributed by atoms with Crippen molar-refractivity contribution in [2.24, 2.45) is 0 Å². The number of hydrogen-bond donors (Lipinski definition) is 1. The molecule has 4 rings (SSSR count). The highest BCUT2D eigenvalue weighted by Gasteiger charge is 2.35. The first kappa shape index (κ1) is 17.3. The molecule has 1 unspecified atom stereocenters. The van der Waals surface area contributed by atoms with Crippen LogP contribution in [-0.2, 0) is 4.79 Å². The van der Waals surface area contributed by atoms with E-state index in [4.69, 9.17) is 0 Å². The van der Waals surface area contributed by atoms with E-state index in [9.17, 15) is 9.59 Å². The number of piperazine rings is 1. The van der Waals surface area contributed by atoms with Crippen LogP contribution in [-0.4, -0.2) is 66.9 Å². The number of fused-ring (bicyclic) bond motifs is 3. The Labute approximate surface area is 155 Å². The molecular weight excluding hydrogens is 328 g/mol. The fourth-order valence-electron chi connectivity index (χ4n) is 4.40. The molecule has 1 atom stereocenters. The van der Waals surface area contributed by atoms with E-state index in [1.165, 1.54) is 0 Å². The predicted octanol–water partition coefficient (Wildman–Crippen LogP) is 2.17. The van der Waals surface area contributed by atoms with Gasteiger partial charge in [-0.1, -0.05) is 6.92 Å². The van der Waals surface area contributed by atoms with Crippen LogP contribution < -0.4 is 10.2 Å². The molecule has 3 heterocycles. The summed E-state index contributed by atoms with van der Waals surface area (Å²) in [5.41, 5.74) is 2.51. The Balaban J connectivity index is 1.50. The molecule has 26 heavy (non-hydrogen) atoms. The topological polar surface area (TPSA) is 55.9 Å². The summed E-state index contributed by atoms with van der Waals surface area (Å²) in [6.45, 7) is 7.63. The summed E-state index contributed by atoms with van der Waals surface area (Å²) in [5, 5.41) is 3.02. The van der Waals surface area contributed by atoms with Crippen LogP contribution in [0.4, 0.5) is 11.4 Å². The average molecular weight is 356 g/mol. The van der Waals surface area contributed by atoms with Crippen molar-refractivity contribution >= 4 is 23.2 Å². The first-order valence-corrected chi connectivity index (χ1v) is 9.90. The summed E-state index contributed by atoms with van der Waals surface area (Å²) in [6, 6.07) is 5.74. The summed E-state index contributed by atoms with van der Waals surface area (Å²) >= 11 is 0. The van der Waals surface area contributed by atoms with E-state index < -0.39 is 0 Å². The molecule has 0 aromatic heterocycles. The number of nitrogens with zero attached hydrogens (tertiary/aromatic N) is 3. The number of piperidine rings is 1. The molecule has 3 aliphatic rings. The Morgan fingerprint density at radius 3 is 2.73 bits per heavy atom. The lowest BCUT2D eigenvalue weighted by Gasteiger charge is -2.41. The number of rotatable bonds is 3. The van der Waals surface area contributed by atoms with Gasteiger partial charge in [0.05, 0.1) is 11.4 Å². The molecule has 0 aliphatic carbocycles. The summed E-state index contributed by atoms with van der Waals surface area (Å²) in [5.74, 6) is 0.133. The van der Waals surface area contributed by atoms with Crippen LogP contribution in [0.25, 0.3) is 0 Å². The van der Waals surface area contributed by atoms with Crippen LogP contribution in [0.3, 0.4) is 0 Å². The van der Waals surface area contributed by atoms with Crippen molar-refractivity contribution in [3.05, 3.63) is 23.8 Å². The summed E-state index contributed by atoms with van der Waals surface area (Å²) in [7, 11) is 0. The maximum Gasteiger partial charge on any atom is 0.254 e. The minimum absolute atomic E-state index is 0.0514. The first-order chi connectivity index (χ1) is 12.7. The molecular formula is C20H28N4O2. The van der Waals surface area contributed by atoms with Crippen LogP contribution in [0.2, 0.25) is 0 Å². The molecule has 2 saturated heterocycles. The van der Waals surface area contributed by atoms with Gasteiger partial charge in [0.25, 0.3) is 5.91 Å². The quantitative estimate of drug-likeness (QED) is 0.902. The number of benzene rings is 1. The van der Waals surface area contributed by atoms with Crippen LogP contribution in [0.1, 0.15) is 43.0 Å². The van der Waals surface area contributed by atoms with Gasteiger partial charge < -0.3 is 15.1 Å². The van der Waals surface area contributed by atoms with Gasteiger partial charge in [-0.05, 0) is 50.4 Å². The van der Waals surface area contributed by atoms with Gasteiger partial charge in [-0.3, -0.25) is 14.5 Å². The SMILES string of the molecule is CCCN1CCN(C(=O)c2ccc3c(c2)NC(=O)C2CCCCN32)CC1. The molecule has 1 aromatic carbocycles. The molecule has 3 aliphatic heterocycles. The molecule has 0 spiro atoms. The fraction of sp³-hybridized carbons (Fsp3) is 0.600. The zero-order valence-electron chi connectivity index (χ0n) is 15.5. The van der Waals surface area contributed by atoms with E-state index in [-0.39, 0.29) is 17.9 Å². The van der Waals surface area contributed by atoms with E-state index in [0.717, 1.165) is 76.3 Å². The second kappa shape index (κ2) is 7.27. The van der Waals surface area contributed by atoms with E-state index in [2.05, 4.69) is 22.0 Å². The Morgan fingerprint density at radius 2 is 1.96 bits per heavy atom. The largest absolute Gasteiger partial charge is 0.358 e. The zero-order chi connectivity index (χ0) is 18.1. The third-order valence-electron chi connectivity index (χ3n) is 5.82. The molecule has 6 heteroatoms. The molecule has 2 fully saturated rings. The van der Waals surface area contributed by atoms with Gasteiger partial charge in [0, 0.05) is 38.3 Å². The smallest absolute Gasteiger partial charge is 0.254 e. The van der Waals surface area contributed by atoms with E-state index >= 15 is 0 Å². The molecule has 0 saturated carbocycles. The Hall–Kier alpha value is -2.08. The molecule has 0 bridgehead atoms. The lowest BCUT2D eigenvalue weighted by atomic mass is 9.96. The van der Waals surface area contributed by atoms with E-state index in [1.54, 1.807) is 0 Å². The maximum absolute atomic E-state index is 12.9. The third-order valence-corrected chi connectivity index (χ3v) is 5.82. The van der Waals surface area contributed by atoms with Crippen molar-refractivity contribution in [3.63, 3.8) is 0 Å². The van der Waals surface area contributed by atoms with Crippen molar-refractivity contribution in [1.29, 1.82) is 0 Å². The van der Waals surface area contributed by atoms with Crippen molar-refractivity contribution < 1.29 is 9.59 Å². The third kappa shape index (κ3) is 3.18. The number of anilines is 2. The van der Waals surface area contributed by atoms with Crippen molar-refractivity contribution in [3.8, 4) is 0 Å². The highest BCUT2D eigenvalue weighted by Crippen LogP contribution is 2.36. The number of nitrogens with one attached hydrogen (secondary N) is 1. The van der Waals surface area contributed by atoms with Gasteiger partial charge in [-0.25, -0.2) is 0 Å². The highest BCUT2D eigenvalue weighted by molar-refractivity contribution is 6.05. The summed E-state index contributed by atoms with van der Waals surface area (Å²) in [6.07, 6.45) is 4.28. The molecule has 1 N–H and O–H groups in total. The van der Waals surface area contributed by atoms with Gasteiger partial charge in [-0.2, -0.15) is 0 Å². The second-order valence-electron chi connectivity index (χ2n) is 7.56. The Bertz CT molecular complexity index is 697. The summed E-state index contributed by atoms with van der Waals surface area (Å²) in [4.78, 5) is 31.9. The van der Waals surface area contributed by atoms with Crippen molar-refractivity contribution in [2.75, 3.05) is 49.5 Å². The molecule has 1 aromatic rings. The predicted molar refractivity (Wildman–Crippen MR) is 103 cm³/mol. The molecule has 0 radical (unpaired) electrons. The van der Waals surface area contributed by atoms with Gasteiger partial charge in [-0.15, -0.1) is 0 Å². The molecule has 140 valence electrons. The minimum Gasteiger partial charge on any atom is -0.358 e. The van der Waals surface area contributed by atoms with Gasteiger partial charge in [0.15, 0.2) is 0 Å². The second-order valence-corrected chi connectivity index (χ2v) is 7.56. The summed E-state index contributed by atoms with van der Waals surface area (Å²) < 4.78 is 0. The normalized spacial score (nSPS) is 23.3. The average Bonchev–Trinajstić information content (AvgIpc) is 2.68. The zero-order valence-corrected chi connectivity index (χ0v) is 15.5. The number of carbonyl (C=O) groups excluding carboxylic acids is 2. The highest BCUT2D eigenvalue weighted by atomic mass is 16.2. The van der Waals surface area contributed by atoms with Crippen LogP contribution >= 0.6 is 0 Å².